The number of aromatic nitrogens is 1. The Kier molecular flexibility index (Phi) is 3.85. The highest BCUT2D eigenvalue weighted by Crippen LogP contribution is 2.31. The molecule has 0 spiro atoms. The molecule has 1 heterocycles. The van der Waals surface area contributed by atoms with E-state index >= 15 is 0 Å². The predicted octanol–water partition coefficient (Wildman–Crippen LogP) is 4.44. The maximum Gasteiger partial charge on any atom is 0.119 e. The lowest BCUT2D eigenvalue weighted by Crippen LogP contribution is -2.02. The normalized spacial score (nSPS) is 12.8. The third-order valence-corrected chi connectivity index (χ3v) is 4.62. The molecule has 0 fully saturated rings. The Morgan fingerprint density at radius 3 is 2.39 bits per heavy atom. The summed E-state index contributed by atoms with van der Waals surface area (Å²) in [7, 11) is 0. The van der Waals surface area contributed by atoms with Crippen LogP contribution in [0.4, 0.5) is 0 Å². The summed E-state index contributed by atoms with van der Waals surface area (Å²) in [5.74, 6) is 0. The number of nitrogens with one attached hydrogen (secondary N) is 1. The van der Waals surface area contributed by atoms with Crippen LogP contribution in [0.1, 0.15) is 34.2 Å². The lowest BCUT2D eigenvalue weighted by molar-refractivity contribution is 0.215. The van der Waals surface area contributed by atoms with Gasteiger partial charge in [0.1, 0.15) is 6.10 Å². The summed E-state index contributed by atoms with van der Waals surface area (Å²) >= 11 is 9.40. The molecule has 0 aliphatic heterocycles. The van der Waals surface area contributed by atoms with E-state index in [4.69, 9.17) is 11.6 Å². The number of aryl methyl sites for hydroxylation is 1. The van der Waals surface area contributed by atoms with Crippen molar-refractivity contribution in [3.05, 3.63) is 55.8 Å². The average molecular weight is 329 g/mol. The first kappa shape index (κ1) is 13.7. The van der Waals surface area contributed by atoms with Gasteiger partial charge in [0.2, 0.25) is 0 Å². The number of aliphatic hydroxyl groups is 1. The molecule has 2 nitrogen and oxygen atoms in total. The fourth-order valence-corrected chi connectivity index (χ4v) is 2.43. The molecule has 0 aliphatic carbocycles. The van der Waals surface area contributed by atoms with E-state index < -0.39 is 6.10 Å². The number of hydrogen-bond acceptors (Lipinski definition) is 1. The van der Waals surface area contributed by atoms with Gasteiger partial charge in [-0.05, 0) is 65.5 Å². The van der Waals surface area contributed by atoms with Crippen LogP contribution in [0.2, 0.25) is 5.02 Å². The Morgan fingerprint density at radius 2 is 1.89 bits per heavy atom. The number of rotatable bonds is 2. The average Bonchev–Trinajstić information content (AvgIpc) is 2.60. The number of hydrogen-bond donors (Lipinski definition) is 2. The van der Waals surface area contributed by atoms with E-state index in [2.05, 4.69) is 20.9 Å². The first-order chi connectivity index (χ1) is 8.41. The second-order valence-corrected chi connectivity index (χ2v) is 5.75. The summed E-state index contributed by atoms with van der Waals surface area (Å²) < 4.78 is 0.829. The molecular weight excluding hydrogens is 314 g/mol. The summed E-state index contributed by atoms with van der Waals surface area (Å²) in [6, 6.07) is 5.49. The van der Waals surface area contributed by atoms with Crippen molar-refractivity contribution in [3.63, 3.8) is 0 Å². The molecule has 2 N–H and O–H groups in total. The van der Waals surface area contributed by atoms with Crippen molar-refractivity contribution in [2.45, 2.75) is 26.9 Å². The second-order valence-electron chi connectivity index (χ2n) is 4.49. The predicted molar refractivity (Wildman–Crippen MR) is 78.2 cm³/mol. The molecule has 2 aromatic rings. The number of benzene rings is 1. The van der Waals surface area contributed by atoms with E-state index in [1.165, 1.54) is 5.56 Å². The number of halogens is 2. The van der Waals surface area contributed by atoms with E-state index in [0.717, 1.165) is 27.0 Å². The van der Waals surface area contributed by atoms with Gasteiger partial charge in [-0.15, -0.1) is 0 Å². The lowest BCUT2D eigenvalue weighted by Gasteiger charge is -2.12. The first-order valence-corrected chi connectivity index (χ1v) is 6.87. The first-order valence-electron chi connectivity index (χ1n) is 5.70. The quantitative estimate of drug-likeness (QED) is 0.840. The van der Waals surface area contributed by atoms with Crippen molar-refractivity contribution in [2.24, 2.45) is 0 Å². The van der Waals surface area contributed by atoms with E-state index in [9.17, 15) is 5.11 Å². The molecule has 1 unspecified atom stereocenters. The monoisotopic (exact) mass is 327 g/mol. The molecule has 0 radical (unpaired) electrons. The minimum absolute atomic E-state index is 0.601. The van der Waals surface area contributed by atoms with Gasteiger partial charge in [-0.1, -0.05) is 17.7 Å². The number of H-pyrrole nitrogens is 1. The zero-order valence-electron chi connectivity index (χ0n) is 10.5. The van der Waals surface area contributed by atoms with Crippen LogP contribution in [0.25, 0.3) is 0 Å². The van der Waals surface area contributed by atoms with Crippen LogP contribution < -0.4 is 0 Å². The Labute approximate surface area is 120 Å². The van der Waals surface area contributed by atoms with Gasteiger partial charge in [0.25, 0.3) is 0 Å². The molecule has 96 valence electrons. The standard InChI is InChI=1S/C14H15BrClNO/c1-7-8(2)13(17-9(7)3)14(18)10-4-5-11(15)12(16)6-10/h4-6,14,17-18H,1-3H3. The Balaban J connectivity index is 2.44. The van der Waals surface area contributed by atoms with Gasteiger partial charge >= 0.3 is 0 Å². The molecule has 4 heteroatoms. The largest absolute Gasteiger partial charge is 0.382 e. The maximum atomic E-state index is 10.4. The Bertz CT molecular complexity index is 592. The van der Waals surface area contributed by atoms with Gasteiger partial charge in [0, 0.05) is 10.2 Å². The lowest BCUT2D eigenvalue weighted by atomic mass is 10.0. The summed E-state index contributed by atoms with van der Waals surface area (Å²) in [5, 5.41) is 11.0. The molecule has 1 aromatic carbocycles. The number of aliphatic hydroxyl groups excluding tert-OH is 1. The molecule has 0 bridgehead atoms. The highest BCUT2D eigenvalue weighted by Gasteiger charge is 2.18. The van der Waals surface area contributed by atoms with Crippen LogP contribution in [0.5, 0.6) is 0 Å². The molecule has 0 amide bonds. The Hall–Kier alpha value is -0.770. The van der Waals surface area contributed by atoms with Gasteiger partial charge in [-0.3, -0.25) is 0 Å². The SMILES string of the molecule is Cc1[nH]c(C(O)c2ccc(Br)c(Cl)c2)c(C)c1C. The Morgan fingerprint density at radius 1 is 1.22 bits per heavy atom. The van der Waals surface area contributed by atoms with E-state index in [0.29, 0.717) is 5.02 Å². The highest BCUT2D eigenvalue weighted by molar-refractivity contribution is 9.10. The fourth-order valence-electron chi connectivity index (χ4n) is 2.00. The van der Waals surface area contributed by atoms with Gasteiger partial charge in [0.15, 0.2) is 0 Å². The molecule has 1 aromatic heterocycles. The zero-order valence-corrected chi connectivity index (χ0v) is 12.9. The van der Waals surface area contributed by atoms with Crippen LogP contribution in [0, 0.1) is 20.8 Å². The second kappa shape index (κ2) is 5.08. The maximum absolute atomic E-state index is 10.4. The smallest absolute Gasteiger partial charge is 0.119 e. The van der Waals surface area contributed by atoms with E-state index in [1.807, 2.05) is 32.9 Å². The summed E-state index contributed by atoms with van der Waals surface area (Å²) in [5.41, 5.74) is 4.99. The van der Waals surface area contributed by atoms with Gasteiger partial charge in [-0.2, -0.15) is 0 Å². The van der Waals surface area contributed by atoms with E-state index in [1.54, 1.807) is 6.07 Å². The van der Waals surface area contributed by atoms with Crippen LogP contribution in [-0.4, -0.2) is 10.1 Å². The minimum Gasteiger partial charge on any atom is -0.382 e. The van der Waals surface area contributed by atoms with Crippen molar-refractivity contribution < 1.29 is 5.11 Å². The van der Waals surface area contributed by atoms with Crippen LogP contribution >= 0.6 is 27.5 Å². The van der Waals surface area contributed by atoms with Crippen LogP contribution in [0.3, 0.4) is 0 Å². The topological polar surface area (TPSA) is 36.0 Å². The highest BCUT2D eigenvalue weighted by atomic mass is 79.9. The van der Waals surface area contributed by atoms with Gasteiger partial charge in [0.05, 0.1) is 10.7 Å². The minimum atomic E-state index is -0.678. The van der Waals surface area contributed by atoms with Gasteiger partial charge < -0.3 is 10.1 Å². The third-order valence-electron chi connectivity index (χ3n) is 3.38. The van der Waals surface area contributed by atoms with Crippen molar-refractivity contribution in [1.29, 1.82) is 0 Å². The molecule has 0 saturated carbocycles. The summed E-state index contributed by atoms with van der Waals surface area (Å²) in [4.78, 5) is 3.24. The third kappa shape index (κ3) is 2.35. The number of aromatic amines is 1. The zero-order chi connectivity index (χ0) is 13.4. The van der Waals surface area contributed by atoms with Crippen molar-refractivity contribution in [3.8, 4) is 0 Å². The van der Waals surface area contributed by atoms with Crippen molar-refractivity contribution >= 4 is 27.5 Å². The van der Waals surface area contributed by atoms with Crippen molar-refractivity contribution in [1.82, 2.24) is 4.98 Å². The van der Waals surface area contributed by atoms with E-state index in [-0.39, 0.29) is 0 Å². The fraction of sp³-hybridized carbons (Fsp3) is 0.286. The van der Waals surface area contributed by atoms with Gasteiger partial charge in [-0.25, -0.2) is 0 Å². The molecule has 2 rings (SSSR count). The van der Waals surface area contributed by atoms with Crippen LogP contribution in [0.15, 0.2) is 22.7 Å². The summed E-state index contributed by atoms with van der Waals surface area (Å²) in [6.45, 7) is 6.07. The molecule has 18 heavy (non-hydrogen) atoms. The molecule has 0 aliphatic rings. The van der Waals surface area contributed by atoms with Crippen LogP contribution in [-0.2, 0) is 0 Å². The van der Waals surface area contributed by atoms with Crippen molar-refractivity contribution in [2.75, 3.05) is 0 Å². The molecule has 1 atom stereocenters. The molecular formula is C14H15BrClNO. The molecule has 0 saturated heterocycles. The summed E-state index contributed by atoms with van der Waals surface area (Å²) in [6.07, 6.45) is -0.678.